The molecule has 64 valence electrons. The summed E-state index contributed by atoms with van der Waals surface area (Å²) in [7, 11) is 0. The predicted octanol–water partition coefficient (Wildman–Crippen LogP) is 0.933. The maximum Gasteiger partial charge on any atom is 0.329 e. The molecule has 3 N–H and O–H groups in total. The van der Waals surface area contributed by atoms with Gasteiger partial charge >= 0.3 is 5.97 Å². The van der Waals surface area contributed by atoms with Gasteiger partial charge in [-0.1, -0.05) is 0 Å². The third-order valence-corrected chi connectivity index (χ3v) is 3.46. The van der Waals surface area contributed by atoms with Crippen LogP contribution in [-0.4, -0.2) is 11.1 Å². The average molecular weight is 183 g/mol. The van der Waals surface area contributed by atoms with Gasteiger partial charge in [0.25, 0.3) is 0 Å². The number of fused-ring (bicyclic) bond motifs is 1. The van der Waals surface area contributed by atoms with Gasteiger partial charge in [-0.25, -0.2) is 4.79 Å². The molecule has 2 rings (SSSR count). The normalized spacial score (nSPS) is 27.1. The van der Waals surface area contributed by atoms with E-state index in [-0.39, 0.29) is 0 Å². The monoisotopic (exact) mass is 183 g/mol. The summed E-state index contributed by atoms with van der Waals surface area (Å²) in [5.41, 5.74) is 5.76. The van der Waals surface area contributed by atoms with E-state index in [1.54, 1.807) is 0 Å². The summed E-state index contributed by atoms with van der Waals surface area (Å²) >= 11 is 1.44. The summed E-state index contributed by atoms with van der Waals surface area (Å²) < 4.78 is 0. The number of carboxylic acids is 1. The first-order chi connectivity index (χ1) is 5.64. The number of thiophene rings is 1. The van der Waals surface area contributed by atoms with Crippen molar-refractivity contribution in [2.45, 2.75) is 18.4 Å². The van der Waals surface area contributed by atoms with E-state index >= 15 is 0 Å². The van der Waals surface area contributed by atoms with Crippen LogP contribution in [0.3, 0.4) is 0 Å². The van der Waals surface area contributed by atoms with Crippen LogP contribution in [0, 0.1) is 0 Å². The second-order valence-corrected chi connectivity index (χ2v) is 3.97. The molecule has 1 aromatic heterocycles. The number of rotatable bonds is 1. The summed E-state index contributed by atoms with van der Waals surface area (Å²) in [6.45, 7) is 0. The summed E-state index contributed by atoms with van der Waals surface area (Å²) in [6, 6.07) is 1.96. The predicted molar refractivity (Wildman–Crippen MR) is 46.1 cm³/mol. The lowest BCUT2D eigenvalue weighted by Crippen LogP contribution is -2.42. The fourth-order valence-electron chi connectivity index (χ4n) is 1.57. The molecule has 1 heterocycles. The van der Waals surface area contributed by atoms with Gasteiger partial charge in [0.1, 0.15) is 5.54 Å². The fourth-order valence-corrected chi connectivity index (χ4v) is 2.66. The molecule has 0 bridgehead atoms. The molecule has 0 amide bonds. The Morgan fingerprint density at radius 1 is 1.75 bits per heavy atom. The van der Waals surface area contributed by atoms with Crippen LogP contribution in [0.5, 0.6) is 0 Å². The van der Waals surface area contributed by atoms with E-state index in [9.17, 15) is 4.79 Å². The topological polar surface area (TPSA) is 63.3 Å². The molecule has 12 heavy (non-hydrogen) atoms. The van der Waals surface area contributed by atoms with Crippen LogP contribution in [0.2, 0.25) is 0 Å². The first kappa shape index (κ1) is 7.76. The molecule has 0 saturated carbocycles. The van der Waals surface area contributed by atoms with Gasteiger partial charge < -0.3 is 10.8 Å². The van der Waals surface area contributed by atoms with Crippen LogP contribution in [0.4, 0.5) is 0 Å². The quantitative estimate of drug-likeness (QED) is 0.680. The van der Waals surface area contributed by atoms with Crippen LogP contribution in [0.15, 0.2) is 11.4 Å². The van der Waals surface area contributed by atoms with Crippen molar-refractivity contribution in [2.24, 2.45) is 5.73 Å². The Balaban J connectivity index is 2.51. The number of carboxylic acid groups (broad SMARTS) is 1. The molecule has 0 saturated heterocycles. The molecule has 0 fully saturated rings. The molecule has 0 radical (unpaired) electrons. The Morgan fingerprint density at radius 3 is 3.17 bits per heavy atom. The Labute approximate surface area is 73.8 Å². The molecule has 1 aromatic rings. The van der Waals surface area contributed by atoms with E-state index in [1.165, 1.54) is 11.3 Å². The maximum absolute atomic E-state index is 10.9. The van der Waals surface area contributed by atoms with Crippen LogP contribution in [0.1, 0.15) is 16.9 Å². The van der Waals surface area contributed by atoms with Gasteiger partial charge in [-0.2, -0.15) is 0 Å². The zero-order chi connectivity index (χ0) is 8.77. The number of aliphatic carboxylic acids is 1. The Bertz CT molecular complexity index is 334. The lowest BCUT2D eigenvalue weighted by molar-refractivity contribution is -0.143. The van der Waals surface area contributed by atoms with Crippen LogP contribution in [0.25, 0.3) is 0 Å². The first-order valence-electron chi connectivity index (χ1n) is 3.74. The summed E-state index contributed by atoms with van der Waals surface area (Å²) in [6.07, 6.45) is 1.33. The van der Waals surface area contributed by atoms with Gasteiger partial charge in [-0.3, -0.25) is 0 Å². The second-order valence-electron chi connectivity index (χ2n) is 3.05. The van der Waals surface area contributed by atoms with Gasteiger partial charge in [0.2, 0.25) is 0 Å². The third-order valence-electron chi connectivity index (χ3n) is 2.32. The lowest BCUT2D eigenvalue weighted by atomic mass is 10.0. The van der Waals surface area contributed by atoms with Crippen LogP contribution in [-0.2, 0) is 16.8 Å². The Hall–Kier alpha value is -0.870. The largest absolute Gasteiger partial charge is 0.480 e. The number of hydrogen-bond acceptors (Lipinski definition) is 3. The molecule has 0 spiro atoms. The molecular weight excluding hydrogens is 174 g/mol. The highest BCUT2D eigenvalue weighted by atomic mass is 32.1. The van der Waals surface area contributed by atoms with Crippen molar-refractivity contribution in [3.8, 4) is 0 Å². The second kappa shape index (κ2) is 2.31. The molecular formula is C8H9NO2S. The number of hydrogen-bond donors (Lipinski definition) is 2. The number of carbonyl (C=O) groups is 1. The van der Waals surface area contributed by atoms with Crippen molar-refractivity contribution in [3.05, 3.63) is 21.9 Å². The van der Waals surface area contributed by atoms with Crippen molar-refractivity contribution < 1.29 is 9.90 Å². The van der Waals surface area contributed by atoms with Crippen molar-refractivity contribution >= 4 is 17.3 Å². The van der Waals surface area contributed by atoms with E-state index in [4.69, 9.17) is 10.8 Å². The molecule has 1 aliphatic carbocycles. The van der Waals surface area contributed by atoms with Crippen molar-refractivity contribution in [2.75, 3.05) is 0 Å². The van der Waals surface area contributed by atoms with E-state index in [0.717, 1.165) is 16.9 Å². The van der Waals surface area contributed by atoms with Gasteiger partial charge in [-0.15, -0.1) is 11.3 Å². The van der Waals surface area contributed by atoms with Gasteiger partial charge in [-0.05, 0) is 29.9 Å². The SMILES string of the molecule is NC1(C(=O)O)CCc2ccsc21. The van der Waals surface area contributed by atoms with Crippen LogP contribution >= 0.6 is 11.3 Å². The van der Waals surface area contributed by atoms with Gasteiger partial charge in [0.05, 0.1) is 0 Å². The highest BCUT2D eigenvalue weighted by molar-refractivity contribution is 7.10. The smallest absolute Gasteiger partial charge is 0.329 e. The van der Waals surface area contributed by atoms with Gasteiger partial charge in [0, 0.05) is 4.88 Å². The molecule has 3 nitrogen and oxygen atoms in total. The molecule has 1 unspecified atom stereocenters. The highest BCUT2D eigenvalue weighted by Crippen LogP contribution is 2.38. The molecule has 4 heteroatoms. The maximum atomic E-state index is 10.9. The van der Waals surface area contributed by atoms with E-state index < -0.39 is 11.5 Å². The van der Waals surface area contributed by atoms with Gasteiger partial charge in [0.15, 0.2) is 0 Å². The van der Waals surface area contributed by atoms with Crippen molar-refractivity contribution in [3.63, 3.8) is 0 Å². The average Bonchev–Trinajstić information content (AvgIpc) is 2.54. The summed E-state index contributed by atoms with van der Waals surface area (Å²) in [5, 5.41) is 10.8. The minimum Gasteiger partial charge on any atom is -0.480 e. The number of aryl methyl sites for hydroxylation is 1. The lowest BCUT2D eigenvalue weighted by Gasteiger charge is -2.17. The third kappa shape index (κ3) is 0.820. The van der Waals surface area contributed by atoms with E-state index in [2.05, 4.69) is 0 Å². The summed E-state index contributed by atoms with van der Waals surface area (Å²) in [5.74, 6) is -0.913. The number of nitrogens with two attached hydrogens (primary N) is 1. The zero-order valence-electron chi connectivity index (χ0n) is 6.41. The van der Waals surface area contributed by atoms with Crippen molar-refractivity contribution in [1.82, 2.24) is 0 Å². The standard InChI is InChI=1S/C8H9NO2S/c9-8(7(10)11)3-1-5-2-4-12-6(5)8/h2,4H,1,3,9H2,(H,10,11). The molecule has 0 aliphatic heterocycles. The van der Waals surface area contributed by atoms with Crippen molar-refractivity contribution in [1.29, 1.82) is 0 Å². The highest BCUT2D eigenvalue weighted by Gasteiger charge is 2.42. The minimum absolute atomic E-state index is 0.532. The van der Waals surface area contributed by atoms with E-state index in [1.807, 2.05) is 11.4 Å². The Kier molecular flexibility index (Phi) is 1.49. The summed E-state index contributed by atoms with van der Waals surface area (Å²) in [4.78, 5) is 11.7. The molecule has 1 atom stereocenters. The molecule has 1 aliphatic rings. The van der Waals surface area contributed by atoms with E-state index in [0.29, 0.717) is 6.42 Å². The first-order valence-corrected chi connectivity index (χ1v) is 4.62. The minimum atomic E-state index is -1.11. The molecule has 0 aromatic carbocycles. The Morgan fingerprint density at radius 2 is 2.50 bits per heavy atom. The fraction of sp³-hybridized carbons (Fsp3) is 0.375. The zero-order valence-corrected chi connectivity index (χ0v) is 7.23. The van der Waals surface area contributed by atoms with Crippen LogP contribution < -0.4 is 5.73 Å².